The second-order valence-electron chi connectivity index (χ2n) is 5.87. The first kappa shape index (κ1) is 19.8. The molecule has 5 nitrogen and oxygen atoms in total. The van der Waals surface area contributed by atoms with E-state index in [0.29, 0.717) is 22.0 Å². The molecule has 0 fully saturated rings. The quantitative estimate of drug-likeness (QED) is 0.712. The topological polar surface area (TPSA) is 64.6 Å². The van der Waals surface area contributed by atoms with Gasteiger partial charge in [0.1, 0.15) is 5.75 Å². The van der Waals surface area contributed by atoms with Crippen molar-refractivity contribution in [1.82, 2.24) is 0 Å². The van der Waals surface area contributed by atoms with Crippen molar-refractivity contribution < 1.29 is 19.1 Å². The lowest BCUT2D eigenvalue weighted by atomic mass is 10.2. The highest BCUT2D eigenvalue weighted by molar-refractivity contribution is 6.33. The molecule has 0 bridgehead atoms. The molecule has 1 amide bonds. The average Bonchev–Trinajstić information content (AvgIpc) is 2.63. The summed E-state index contributed by atoms with van der Waals surface area (Å²) in [5.74, 6) is -0.221. The van der Waals surface area contributed by atoms with Crippen LogP contribution in [0.25, 0.3) is 0 Å². The van der Waals surface area contributed by atoms with E-state index in [4.69, 9.17) is 21.1 Å². The summed E-state index contributed by atoms with van der Waals surface area (Å²) in [7, 11) is 0. The number of ether oxygens (including phenoxy) is 2. The van der Waals surface area contributed by atoms with E-state index in [-0.39, 0.29) is 12.0 Å². The highest BCUT2D eigenvalue weighted by Crippen LogP contribution is 2.22. The van der Waals surface area contributed by atoms with Crippen LogP contribution in [0.5, 0.6) is 5.75 Å². The predicted molar refractivity (Wildman–Crippen MR) is 102 cm³/mol. The molecule has 2 rings (SSSR count). The van der Waals surface area contributed by atoms with Crippen molar-refractivity contribution in [3.05, 3.63) is 59.1 Å². The van der Waals surface area contributed by atoms with Crippen molar-refractivity contribution in [1.29, 1.82) is 0 Å². The summed E-state index contributed by atoms with van der Waals surface area (Å²) < 4.78 is 10.8. The van der Waals surface area contributed by atoms with E-state index in [1.165, 1.54) is 0 Å². The van der Waals surface area contributed by atoms with E-state index in [0.717, 1.165) is 6.42 Å². The zero-order chi connectivity index (χ0) is 19.1. The van der Waals surface area contributed by atoms with E-state index in [9.17, 15) is 9.59 Å². The third kappa shape index (κ3) is 5.49. The van der Waals surface area contributed by atoms with Gasteiger partial charge in [0, 0.05) is 5.56 Å². The first-order valence-electron chi connectivity index (χ1n) is 8.43. The number of carbonyl (C=O) groups is 2. The molecule has 0 aliphatic heterocycles. The summed E-state index contributed by atoms with van der Waals surface area (Å²) in [6.07, 6.45) is -0.135. The van der Waals surface area contributed by atoms with Gasteiger partial charge in [-0.1, -0.05) is 30.7 Å². The monoisotopic (exact) mass is 375 g/mol. The van der Waals surface area contributed by atoms with Crippen LogP contribution in [0.15, 0.2) is 48.5 Å². The lowest BCUT2D eigenvalue weighted by Crippen LogP contribution is -2.29. The Balaban J connectivity index is 1.96. The Bertz CT molecular complexity index is 761. The number of nitrogens with one attached hydrogen (secondary N) is 1. The second kappa shape index (κ2) is 9.25. The van der Waals surface area contributed by atoms with Crippen molar-refractivity contribution in [2.24, 2.45) is 0 Å². The molecule has 0 saturated carbocycles. The molecule has 0 saturated heterocycles. The Kier molecular flexibility index (Phi) is 7.04. The highest BCUT2D eigenvalue weighted by atomic mass is 35.5. The fourth-order valence-electron chi connectivity index (χ4n) is 2.07. The lowest BCUT2D eigenvalue weighted by Gasteiger charge is -2.17. The van der Waals surface area contributed by atoms with Crippen LogP contribution in [0.1, 0.15) is 37.6 Å². The molecule has 2 aromatic rings. The molecule has 0 unspecified atom stereocenters. The maximum absolute atomic E-state index is 12.3. The van der Waals surface area contributed by atoms with Crippen LogP contribution in [0.2, 0.25) is 5.02 Å². The first-order chi connectivity index (χ1) is 12.4. The van der Waals surface area contributed by atoms with Crippen LogP contribution in [0.3, 0.4) is 0 Å². The molecule has 0 spiro atoms. The zero-order valence-corrected chi connectivity index (χ0v) is 15.7. The number of amides is 1. The molecule has 138 valence electrons. The van der Waals surface area contributed by atoms with E-state index in [1.54, 1.807) is 55.5 Å². The van der Waals surface area contributed by atoms with Gasteiger partial charge in [-0.05, 0) is 56.7 Å². The number of halogens is 1. The Morgan fingerprint density at radius 2 is 1.73 bits per heavy atom. The van der Waals surface area contributed by atoms with Gasteiger partial charge in [-0.25, -0.2) is 4.79 Å². The number of hydrogen-bond donors (Lipinski definition) is 1. The van der Waals surface area contributed by atoms with E-state index in [2.05, 4.69) is 5.32 Å². The highest BCUT2D eigenvalue weighted by Gasteiger charge is 2.18. The minimum atomic E-state index is -0.730. The Morgan fingerprint density at radius 1 is 1.08 bits per heavy atom. The van der Waals surface area contributed by atoms with Crippen molar-refractivity contribution >= 4 is 29.2 Å². The minimum Gasteiger partial charge on any atom is -0.479 e. The van der Waals surface area contributed by atoms with Crippen LogP contribution < -0.4 is 10.1 Å². The number of anilines is 1. The molecule has 0 aliphatic rings. The first-order valence-corrected chi connectivity index (χ1v) is 8.81. The molecule has 1 N–H and O–H groups in total. The van der Waals surface area contributed by atoms with Gasteiger partial charge in [-0.3, -0.25) is 4.79 Å². The van der Waals surface area contributed by atoms with Crippen molar-refractivity contribution in [2.45, 2.75) is 39.4 Å². The van der Waals surface area contributed by atoms with Gasteiger partial charge in [0.25, 0.3) is 5.91 Å². The molecule has 2 aromatic carbocycles. The van der Waals surface area contributed by atoms with Gasteiger partial charge in [0.2, 0.25) is 0 Å². The van der Waals surface area contributed by atoms with Crippen molar-refractivity contribution in [3.63, 3.8) is 0 Å². The van der Waals surface area contributed by atoms with Gasteiger partial charge < -0.3 is 14.8 Å². The van der Waals surface area contributed by atoms with E-state index < -0.39 is 12.1 Å². The van der Waals surface area contributed by atoms with E-state index in [1.807, 2.05) is 13.8 Å². The largest absolute Gasteiger partial charge is 0.479 e. The normalized spacial score (nSPS) is 12.8. The number of esters is 1. The Labute approximate surface area is 158 Å². The smallest absolute Gasteiger partial charge is 0.347 e. The summed E-state index contributed by atoms with van der Waals surface area (Å²) in [5, 5.41) is 3.21. The SMILES string of the molecule is CC[C@H](C)OC(=O)[C@@H](C)Oc1ccc(C(=O)Nc2ccccc2Cl)cc1. The molecule has 2 atom stereocenters. The summed E-state index contributed by atoms with van der Waals surface area (Å²) in [4.78, 5) is 24.2. The minimum absolute atomic E-state index is 0.149. The molecule has 0 radical (unpaired) electrons. The van der Waals surface area contributed by atoms with E-state index >= 15 is 0 Å². The van der Waals surface area contributed by atoms with Gasteiger partial charge in [-0.15, -0.1) is 0 Å². The number of para-hydroxylation sites is 1. The number of carbonyl (C=O) groups excluding carboxylic acids is 2. The van der Waals surface area contributed by atoms with Gasteiger partial charge in [0.15, 0.2) is 6.10 Å². The average molecular weight is 376 g/mol. The van der Waals surface area contributed by atoms with Crippen LogP contribution in [-0.2, 0) is 9.53 Å². The summed E-state index contributed by atoms with van der Waals surface area (Å²) >= 11 is 6.04. The van der Waals surface area contributed by atoms with Crippen LogP contribution in [0.4, 0.5) is 5.69 Å². The third-order valence-corrected chi connectivity index (χ3v) is 4.11. The van der Waals surface area contributed by atoms with Gasteiger partial charge >= 0.3 is 5.97 Å². The standard InChI is InChI=1S/C20H22ClNO4/c1-4-13(2)25-20(24)14(3)26-16-11-9-15(10-12-16)19(23)22-18-8-6-5-7-17(18)21/h5-14H,4H2,1-3H3,(H,22,23)/t13-,14+/m0/s1. The molecule has 26 heavy (non-hydrogen) atoms. The fraction of sp³-hybridized carbons (Fsp3) is 0.300. The number of benzene rings is 2. The number of hydrogen-bond acceptors (Lipinski definition) is 4. The molecule has 0 heterocycles. The molecular weight excluding hydrogens is 354 g/mol. The molecule has 0 aromatic heterocycles. The van der Waals surface area contributed by atoms with Gasteiger partial charge in [0.05, 0.1) is 16.8 Å². The lowest BCUT2D eigenvalue weighted by molar-refractivity contribution is -0.155. The predicted octanol–water partition coefficient (Wildman–Crippen LogP) is 4.70. The van der Waals surface area contributed by atoms with Crippen molar-refractivity contribution in [3.8, 4) is 5.75 Å². The van der Waals surface area contributed by atoms with Crippen LogP contribution in [-0.4, -0.2) is 24.1 Å². The van der Waals surface area contributed by atoms with Crippen molar-refractivity contribution in [2.75, 3.05) is 5.32 Å². The Morgan fingerprint density at radius 3 is 2.35 bits per heavy atom. The van der Waals surface area contributed by atoms with Gasteiger partial charge in [-0.2, -0.15) is 0 Å². The second-order valence-corrected chi connectivity index (χ2v) is 6.28. The molecular formula is C20H22ClNO4. The maximum atomic E-state index is 12.3. The molecule has 6 heteroatoms. The Hall–Kier alpha value is -2.53. The number of rotatable bonds is 7. The van der Waals surface area contributed by atoms with Crippen LogP contribution in [0, 0.1) is 0 Å². The third-order valence-electron chi connectivity index (χ3n) is 3.78. The summed E-state index contributed by atoms with van der Waals surface area (Å²) in [6.45, 7) is 5.40. The fourth-order valence-corrected chi connectivity index (χ4v) is 2.25. The molecule has 0 aliphatic carbocycles. The van der Waals surface area contributed by atoms with Crippen LogP contribution >= 0.6 is 11.6 Å². The summed E-state index contributed by atoms with van der Waals surface area (Å²) in [5.41, 5.74) is 0.994. The maximum Gasteiger partial charge on any atom is 0.347 e. The summed E-state index contributed by atoms with van der Waals surface area (Å²) in [6, 6.07) is 13.5. The zero-order valence-electron chi connectivity index (χ0n) is 15.0.